The molecule has 1 N–H and O–H groups in total. The van der Waals surface area contributed by atoms with Gasteiger partial charge in [0.2, 0.25) is 0 Å². The highest BCUT2D eigenvalue weighted by molar-refractivity contribution is 5.74. The van der Waals surface area contributed by atoms with E-state index < -0.39 is 0 Å². The van der Waals surface area contributed by atoms with E-state index in [0.717, 1.165) is 13.2 Å². The monoisotopic (exact) mass is 143 g/mol. The Morgan fingerprint density at radius 2 is 2.40 bits per heavy atom. The van der Waals surface area contributed by atoms with Crippen LogP contribution in [0.2, 0.25) is 0 Å². The standard InChI is InChI=1S/C6H13N3O/c1-3-9-5-8(2)4-7-6(9)10/h3-5H2,1-2H3,(H,7,10). The molecule has 58 valence electrons. The maximum atomic E-state index is 11.0. The van der Waals surface area contributed by atoms with Gasteiger partial charge in [0.25, 0.3) is 0 Å². The van der Waals surface area contributed by atoms with E-state index in [1.165, 1.54) is 0 Å². The second-order valence-corrected chi connectivity index (χ2v) is 2.49. The summed E-state index contributed by atoms with van der Waals surface area (Å²) in [6.07, 6.45) is 0. The lowest BCUT2D eigenvalue weighted by atomic mass is 10.5. The molecule has 0 atom stereocenters. The fourth-order valence-corrected chi connectivity index (χ4v) is 0.964. The van der Waals surface area contributed by atoms with Crippen LogP contribution in [0, 0.1) is 0 Å². The van der Waals surface area contributed by atoms with E-state index >= 15 is 0 Å². The molecule has 1 saturated heterocycles. The van der Waals surface area contributed by atoms with E-state index in [-0.39, 0.29) is 6.03 Å². The number of carbonyl (C=O) groups excluding carboxylic acids is 1. The molecule has 0 aliphatic carbocycles. The van der Waals surface area contributed by atoms with Crippen LogP contribution in [0.25, 0.3) is 0 Å². The first-order valence-electron chi connectivity index (χ1n) is 3.45. The fourth-order valence-electron chi connectivity index (χ4n) is 0.964. The van der Waals surface area contributed by atoms with Gasteiger partial charge in [0.1, 0.15) is 0 Å². The first-order chi connectivity index (χ1) is 4.74. The molecule has 1 fully saturated rings. The lowest BCUT2D eigenvalue weighted by Crippen LogP contribution is -2.54. The van der Waals surface area contributed by atoms with Crippen molar-refractivity contribution in [3.63, 3.8) is 0 Å². The minimum absolute atomic E-state index is 0.0422. The Hall–Kier alpha value is -0.770. The van der Waals surface area contributed by atoms with Gasteiger partial charge in [-0.05, 0) is 14.0 Å². The zero-order valence-electron chi connectivity index (χ0n) is 6.42. The molecule has 10 heavy (non-hydrogen) atoms. The number of hydrogen-bond acceptors (Lipinski definition) is 2. The van der Waals surface area contributed by atoms with Gasteiger partial charge in [0.15, 0.2) is 0 Å². The Bertz CT molecular complexity index is 137. The molecule has 4 heteroatoms. The number of nitrogens with one attached hydrogen (secondary N) is 1. The summed E-state index contributed by atoms with van der Waals surface area (Å²) in [5.74, 6) is 0. The van der Waals surface area contributed by atoms with Gasteiger partial charge in [-0.15, -0.1) is 0 Å². The van der Waals surface area contributed by atoms with E-state index in [4.69, 9.17) is 0 Å². The van der Waals surface area contributed by atoms with Crippen molar-refractivity contribution >= 4 is 6.03 Å². The molecule has 2 amide bonds. The van der Waals surface area contributed by atoms with Crippen LogP contribution >= 0.6 is 0 Å². The van der Waals surface area contributed by atoms with Crippen LogP contribution in [0.4, 0.5) is 4.79 Å². The molecule has 0 spiro atoms. The van der Waals surface area contributed by atoms with Gasteiger partial charge in [0, 0.05) is 6.54 Å². The number of carbonyl (C=O) groups is 1. The Morgan fingerprint density at radius 1 is 1.70 bits per heavy atom. The molecule has 0 aromatic carbocycles. The largest absolute Gasteiger partial charge is 0.325 e. The molecule has 4 nitrogen and oxygen atoms in total. The van der Waals surface area contributed by atoms with Crippen molar-refractivity contribution in [1.82, 2.24) is 15.1 Å². The molecule has 0 saturated carbocycles. The third kappa shape index (κ3) is 1.39. The molecule has 1 aliphatic heterocycles. The predicted molar refractivity (Wildman–Crippen MR) is 38.4 cm³/mol. The number of amides is 2. The summed E-state index contributed by atoms with van der Waals surface area (Å²) in [5, 5.41) is 2.75. The normalized spacial score (nSPS) is 21.0. The van der Waals surface area contributed by atoms with Crippen LogP contribution in [0.3, 0.4) is 0 Å². The van der Waals surface area contributed by atoms with Gasteiger partial charge in [-0.3, -0.25) is 4.90 Å². The number of urea groups is 1. The molecule has 1 rings (SSSR count). The van der Waals surface area contributed by atoms with Crippen molar-refractivity contribution in [2.45, 2.75) is 6.92 Å². The van der Waals surface area contributed by atoms with Crippen LogP contribution < -0.4 is 5.32 Å². The second-order valence-electron chi connectivity index (χ2n) is 2.49. The minimum atomic E-state index is 0.0422. The zero-order chi connectivity index (χ0) is 7.56. The lowest BCUT2D eigenvalue weighted by molar-refractivity contribution is 0.121. The molecule has 0 aromatic rings. The van der Waals surface area contributed by atoms with E-state index in [0.29, 0.717) is 6.67 Å². The first-order valence-corrected chi connectivity index (χ1v) is 3.45. The maximum Gasteiger partial charge on any atom is 0.319 e. The summed E-state index contributed by atoms with van der Waals surface area (Å²) in [4.78, 5) is 14.8. The SMILES string of the molecule is CCN1CN(C)CNC1=O. The molecular formula is C6H13N3O. The van der Waals surface area contributed by atoms with Crippen molar-refractivity contribution in [2.75, 3.05) is 26.9 Å². The topological polar surface area (TPSA) is 35.6 Å². The second kappa shape index (κ2) is 2.88. The van der Waals surface area contributed by atoms with Crippen molar-refractivity contribution in [3.8, 4) is 0 Å². The van der Waals surface area contributed by atoms with E-state index in [2.05, 4.69) is 5.32 Å². The van der Waals surface area contributed by atoms with Gasteiger partial charge >= 0.3 is 6.03 Å². The average molecular weight is 143 g/mol. The molecule has 1 aliphatic rings. The van der Waals surface area contributed by atoms with Gasteiger partial charge in [-0.1, -0.05) is 0 Å². The van der Waals surface area contributed by atoms with Gasteiger partial charge in [-0.2, -0.15) is 0 Å². The Balaban J connectivity index is 2.45. The Morgan fingerprint density at radius 3 is 2.90 bits per heavy atom. The van der Waals surface area contributed by atoms with Crippen molar-refractivity contribution in [3.05, 3.63) is 0 Å². The van der Waals surface area contributed by atoms with Crippen LogP contribution in [0.5, 0.6) is 0 Å². The van der Waals surface area contributed by atoms with Crippen molar-refractivity contribution < 1.29 is 4.79 Å². The summed E-state index contributed by atoms with van der Waals surface area (Å²) in [5.41, 5.74) is 0. The van der Waals surface area contributed by atoms with Crippen molar-refractivity contribution in [1.29, 1.82) is 0 Å². The summed E-state index contributed by atoms with van der Waals surface area (Å²) in [6, 6.07) is 0.0422. The highest BCUT2D eigenvalue weighted by atomic mass is 16.2. The smallest absolute Gasteiger partial charge is 0.319 e. The highest BCUT2D eigenvalue weighted by Crippen LogP contribution is 1.96. The maximum absolute atomic E-state index is 11.0. The zero-order valence-corrected chi connectivity index (χ0v) is 6.42. The van der Waals surface area contributed by atoms with Crippen LogP contribution in [-0.2, 0) is 0 Å². The first kappa shape index (κ1) is 7.34. The Labute approximate surface area is 60.8 Å². The van der Waals surface area contributed by atoms with Gasteiger partial charge in [0.05, 0.1) is 13.3 Å². The van der Waals surface area contributed by atoms with E-state index in [1.807, 2.05) is 18.9 Å². The van der Waals surface area contributed by atoms with E-state index in [1.54, 1.807) is 4.90 Å². The predicted octanol–water partition coefficient (Wildman–Crippen LogP) is -0.122. The third-order valence-corrected chi connectivity index (χ3v) is 1.58. The van der Waals surface area contributed by atoms with Crippen LogP contribution in [0.1, 0.15) is 6.92 Å². The quantitative estimate of drug-likeness (QED) is 0.555. The van der Waals surface area contributed by atoms with Crippen LogP contribution in [-0.4, -0.2) is 42.8 Å². The number of hydrogen-bond donors (Lipinski definition) is 1. The molecule has 1 heterocycles. The number of rotatable bonds is 1. The summed E-state index contributed by atoms with van der Waals surface area (Å²) < 4.78 is 0. The van der Waals surface area contributed by atoms with Crippen molar-refractivity contribution in [2.24, 2.45) is 0 Å². The fraction of sp³-hybridized carbons (Fsp3) is 0.833. The third-order valence-electron chi connectivity index (χ3n) is 1.58. The van der Waals surface area contributed by atoms with Crippen LogP contribution in [0.15, 0.2) is 0 Å². The summed E-state index contributed by atoms with van der Waals surface area (Å²) in [6.45, 7) is 4.15. The molecule has 0 bridgehead atoms. The molecule has 0 radical (unpaired) electrons. The minimum Gasteiger partial charge on any atom is -0.325 e. The van der Waals surface area contributed by atoms with E-state index in [9.17, 15) is 4.79 Å². The molecular weight excluding hydrogens is 130 g/mol. The lowest BCUT2D eigenvalue weighted by Gasteiger charge is -2.32. The van der Waals surface area contributed by atoms with Gasteiger partial charge in [-0.25, -0.2) is 4.79 Å². The average Bonchev–Trinajstić information content (AvgIpc) is 1.94. The number of nitrogens with zero attached hydrogens (tertiary/aromatic N) is 2. The molecule has 0 unspecified atom stereocenters. The Kier molecular flexibility index (Phi) is 2.11. The van der Waals surface area contributed by atoms with Gasteiger partial charge < -0.3 is 10.2 Å². The molecule has 0 aromatic heterocycles. The summed E-state index contributed by atoms with van der Waals surface area (Å²) >= 11 is 0. The summed E-state index contributed by atoms with van der Waals surface area (Å²) in [7, 11) is 1.97. The highest BCUT2D eigenvalue weighted by Gasteiger charge is 2.17.